The molecule has 17 heavy (non-hydrogen) atoms. The van der Waals surface area contributed by atoms with Gasteiger partial charge < -0.3 is 5.32 Å². The van der Waals surface area contributed by atoms with E-state index in [1.807, 2.05) is 0 Å². The Hall–Kier alpha value is -1.36. The van der Waals surface area contributed by atoms with Crippen molar-refractivity contribution in [2.45, 2.75) is 31.8 Å². The third-order valence-electron chi connectivity index (χ3n) is 2.33. The van der Waals surface area contributed by atoms with Crippen LogP contribution in [0.15, 0.2) is 24.3 Å². The van der Waals surface area contributed by atoms with Gasteiger partial charge in [0.2, 0.25) is 5.91 Å². The highest BCUT2D eigenvalue weighted by Crippen LogP contribution is 2.15. The smallest absolute Gasteiger partial charge is 0.221 e. The van der Waals surface area contributed by atoms with Crippen LogP contribution in [0.3, 0.4) is 0 Å². The molecule has 1 aromatic carbocycles. The van der Waals surface area contributed by atoms with E-state index in [1.54, 1.807) is 38.1 Å². The summed E-state index contributed by atoms with van der Waals surface area (Å²) in [5.41, 5.74) is 1.30. The summed E-state index contributed by atoms with van der Waals surface area (Å²) in [7, 11) is -3.11. The van der Waals surface area contributed by atoms with Gasteiger partial charge in [0.1, 0.15) is 0 Å². The first-order chi connectivity index (χ1) is 7.81. The molecule has 0 saturated carbocycles. The van der Waals surface area contributed by atoms with Crippen LogP contribution in [0.4, 0.5) is 5.69 Å². The molecule has 0 radical (unpaired) electrons. The Morgan fingerprint density at radius 1 is 1.35 bits per heavy atom. The molecule has 0 spiro atoms. The van der Waals surface area contributed by atoms with Crippen molar-refractivity contribution >= 4 is 21.4 Å². The normalized spacial score (nSPS) is 11.5. The maximum Gasteiger partial charge on any atom is 0.221 e. The largest absolute Gasteiger partial charge is 0.326 e. The van der Waals surface area contributed by atoms with Crippen LogP contribution in [0.1, 0.15) is 26.3 Å². The van der Waals surface area contributed by atoms with Gasteiger partial charge in [-0.2, -0.15) is 0 Å². The maximum atomic E-state index is 11.7. The summed E-state index contributed by atoms with van der Waals surface area (Å²) in [5.74, 6) is -0.174. The molecule has 0 aromatic heterocycles. The maximum absolute atomic E-state index is 11.7. The summed E-state index contributed by atoms with van der Waals surface area (Å²) in [5, 5.41) is 2.23. The van der Waals surface area contributed by atoms with Gasteiger partial charge in [-0.15, -0.1) is 0 Å². The monoisotopic (exact) mass is 255 g/mol. The van der Waals surface area contributed by atoms with E-state index in [-0.39, 0.29) is 11.7 Å². The van der Waals surface area contributed by atoms with Crippen LogP contribution in [0, 0.1) is 0 Å². The second-order valence-electron chi connectivity index (χ2n) is 4.24. The fourth-order valence-corrected chi connectivity index (χ4v) is 2.32. The molecule has 0 aliphatic carbocycles. The van der Waals surface area contributed by atoms with Crippen molar-refractivity contribution in [3.05, 3.63) is 29.8 Å². The highest BCUT2D eigenvalue weighted by molar-refractivity contribution is 7.91. The molecule has 1 rings (SSSR count). The predicted molar refractivity (Wildman–Crippen MR) is 68.5 cm³/mol. The number of anilines is 1. The summed E-state index contributed by atoms with van der Waals surface area (Å²) in [6.07, 6.45) is 0. The Labute approximate surface area is 102 Å². The van der Waals surface area contributed by atoms with E-state index in [9.17, 15) is 13.2 Å². The molecule has 1 N–H and O–H groups in total. The van der Waals surface area contributed by atoms with E-state index in [0.717, 1.165) is 0 Å². The first-order valence-corrected chi connectivity index (χ1v) is 7.11. The molecule has 0 unspecified atom stereocenters. The summed E-state index contributed by atoms with van der Waals surface area (Å²) >= 11 is 0. The number of carbonyl (C=O) groups is 1. The predicted octanol–water partition coefficient (Wildman–Crippen LogP) is 1.97. The molecule has 0 saturated heterocycles. The second-order valence-corrected chi connectivity index (χ2v) is 6.79. The molecule has 5 heteroatoms. The molecule has 0 atom stereocenters. The SMILES string of the molecule is CC(=O)Nc1cccc(CS(=O)(=O)C(C)C)c1. The summed E-state index contributed by atoms with van der Waals surface area (Å²) in [4.78, 5) is 10.9. The Morgan fingerprint density at radius 3 is 2.53 bits per heavy atom. The van der Waals surface area contributed by atoms with Gasteiger partial charge in [0.25, 0.3) is 0 Å². The number of nitrogens with one attached hydrogen (secondary N) is 1. The molecule has 4 nitrogen and oxygen atoms in total. The highest BCUT2D eigenvalue weighted by Gasteiger charge is 2.16. The third-order valence-corrected chi connectivity index (χ3v) is 4.51. The van der Waals surface area contributed by atoms with Crippen molar-refractivity contribution < 1.29 is 13.2 Å². The Morgan fingerprint density at radius 2 is 2.00 bits per heavy atom. The fourth-order valence-electron chi connectivity index (χ4n) is 1.34. The van der Waals surface area contributed by atoms with E-state index in [1.165, 1.54) is 6.92 Å². The fraction of sp³-hybridized carbons (Fsp3) is 0.417. The van der Waals surface area contributed by atoms with E-state index >= 15 is 0 Å². The minimum atomic E-state index is -3.11. The lowest BCUT2D eigenvalue weighted by atomic mass is 10.2. The molecular formula is C12H17NO3S. The Kier molecular flexibility index (Phi) is 4.28. The number of amides is 1. The lowest BCUT2D eigenvalue weighted by Gasteiger charge is -2.09. The molecule has 94 valence electrons. The first-order valence-electron chi connectivity index (χ1n) is 5.39. The zero-order chi connectivity index (χ0) is 13.1. The average Bonchev–Trinajstić information content (AvgIpc) is 2.15. The number of carbonyl (C=O) groups excluding carboxylic acids is 1. The van der Waals surface area contributed by atoms with Gasteiger partial charge >= 0.3 is 0 Å². The van der Waals surface area contributed by atoms with Gasteiger partial charge in [0.15, 0.2) is 9.84 Å². The van der Waals surface area contributed by atoms with Gasteiger partial charge in [0, 0.05) is 12.6 Å². The van der Waals surface area contributed by atoms with Crippen molar-refractivity contribution in [1.82, 2.24) is 0 Å². The van der Waals surface area contributed by atoms with Crippen LogP contribution >= 0.6 is 0 Å². The van der Waals surface area contributed by atoms with Crippen LogP contribution in [0.5, 0.6) is 0 Å². The second kappa shape index (κ2) is 5.31. The topological polar surface area (TPSA) is 63.2 Å². The Bertz CT molecular complexity index is 506. The van der Waals surface area contributed by atoms with Crippen LogP contribution in [0.25, 0.3) is 0 Å². The quantitative estimate of drug-likeness (QED) is 0.894. The molecule has 0 bridgehead atoms. The van der Waals surface area contributed by atoms with E-state index in [2.05, 4.69) is 5.32 Å². The van der Waals surface area contributed by atoms with E-state index in [0.29, 0.717) is 11.3 Å². The minimum Gasteiger partial charge on any atom is -0.326 e. The third kappa shape index (κ3) is 4.19. The number of hydrogen-bond acceptors (Lipinski definition) is 3. The van der Waals surface area contributed by atoms with Crippen molar-refractivity contribution in [3.8, 4) is 0 Å². The molecule has 1 aromatic rings. The molecule has 0 aliphatic heterocycles. The van der Waals surface area contributed by atoms with Crippen LogP contribution in [0.2, 0.25) is 0 Å². The molecule has 1 amide bonds. The lowest BCUT2D eigenvalue weighted by Crippen LogP contribution is -2.16. The van der Waals surface area contributed by atoms with Gasteiger partial charge in [0.05, 0.1) is 11.0 Å². The molecule has 0 aliphatic rings. The van der Waals surface area contributed by atoms with Crippen LogP contribution in [-0.4, -0.2) is 19.6 Å². The van der Waals surface area contributed by atoms with Crippen molar-refractivity contribution in [2.24, 2.45) is 0 Å². The van der Waals surface area contributed by atoms with Crippen molar-refractivity contribution in [2.75, 3.05) is 5.32 Å². The summed E-state index contributed by atoms with van der Waals surface area (Å²) in [6, 6.07) is 6.88. The summed E-state index contributed by atoms with van der Waals surface area (Å²) in [6.45, 7) is 4.73. The number of rotatable bonds is 4. The Balaban J connectivity index is 2.90. The van der Waals surface area contributed by atoms with Gasteiger partial charge in [-0.3, -0.25) is 4.79 Å². The number of sulfone groups is 1. The van der Waals surface area contributed by atoms with Gasteiger partial charge in [-0.25, -0.2) is 8.42 Å². The van der Waals surface area contributed by atoms with Crippen LogP contribution < -0.4 is 5.32 Å². The lowest BCUT2D eigenvalue weighted by molar-refractivity contribution is -0.114. The standard InChI is InChI=1S/C12H17NO3S/c1-9(2)17(15,16)8-11-5-4-6-12(7-11)13-10(3)14/h4-7,9H,8H2,1-3H3,(H,13,14). The average molecular weight is 255 g/mol. The zero-order valence-electron chi connectivity index (χ0n) is 10.2. The minimum absolute atomic E-state index is 0.00189. The van der Waals surface area contributed by atoms with Crippen molar-refractivity contribution in [1.29, 1.82) is 0 Å². The highest BCUT2D eigenvalue weighted by atomic mass is 32.2. The molecule has 0 heterocycles. The molecular weight excluding hydrogens is 238 g/mol. The van der Waals surface area contributed by atoms with Gasteiger partial charge in [-0.05, 0) is 31.5 Å². The number of hydrogen-bond donors (Lipinski definition) is 1. The van der Waals surface area contributed by atoms with Crippen molar-refractivity contribution in [3.63, 3.8) is 0 Å². The van der Waals surface area contributed by atoms with Gasteiger partial charge in [-0.1, -0.05) is 12.1 Å². The number of benzene rings is 1. The van der Waals surface area contributed by atoms with Crippen LogP contribution in [-0.2, 0) is 20.4 Å². The first kappa shape index (κ1) is 13.7. The molecule has 0 fully saturated rings. The van der Waals surface area contributed by atoms with E-state index in [4.69, 9.17) is 0 Å². The summed E-state index contributed by atoms with van der Waals surface area (Å²) < 4.78 is 23.5. The zero-order valence-corrected chi connectivity index (χ0v) is 11.0. The van der Waals surface area contributed by atoms with E-state index < -0.39 is 15.1 Å².